The van der Waals surface area contributed by atoms with E-state index in [4.69, 9.17) is 5.73 Å². The van der Waals surface area contributed by atoms with Gasteiger partial charge in [0, 0.05) is 13.0 Å². The lowest BCUT2D eigenvalue weighted by molar-refractivity contribution is -0.135. The number of hydrogen-bond donors (Lipinski definition) is 2. The van der Waals surface area contributed by atoms with Crippen LogP contribution in [0, 0.1) is 6.92 Å². The fourth-order valence-corrected chi connectivity index (χ4v) is 2.78. The molecule has 1 fully saturated rings. The van der Waals surface area contributed by atoms with Gasteiger partial charge in [-0.05, 0) is 31.0 Å². The average Bonchev–Trinajstić information content (AvgIpc) is 2.49. The number of nitrogens with one attached hydrogen (secondary N) is 1. The van der Waals surface area contributed by atoms with Crippen molar-refractivity contribution in [2.75, 3.05) is 0 Å². The van der Waals surface area contributed by atoms with Crippen LogP contribution >= 0.6 is 0 Å². The highest BCUT2D eigenvalue weighted by Gasteiger charge is 2.30. The van der Waals surface area contributed by atoms with Gasteiger partial charge in [0.15, 0.2) is 0 Å². The summed E-state index contributed by atoms with van der Waals surface area (Å²) >= 11 is 0. The number of piperidine rings is 1. The van der Waals surface area contributed by atoms with Crippen molar-refractivity contribution in [3.05, 3.63) is 39.9 Å². The molecule has 1 atom stereocenters. The van der Waals surface area contributed by atoms with Crippen LogP contribution in [0.3, 0.4) is 0 Å². The molecule has 7 heteroatoms. The molecule has 2 heterocycles. The lowest BCUT2D eigenvalue weighted by Crippen LogP contribution is -2.45. The van der Waals surface area contributed by atoms with E-state index in [2.05, 4.69) is 10.3 Å². The smallest absolute Gasteiger partial charge is 0.262 e. The van der Waals surface area contributed by atoms with Gasteiger partial charge in [0.2, 0.25) is 11.8 Å². The van der Waals surface area contributed by atoms with Gasteiger partial charge in [-0.1, -0.05) is 6.07 Å². The van der Waals surface area contributed by atoms with Crippen LogP contribution < -0.4 is 16.6 Å². The van der Waals surface area contributed by atoms with Crippen molar-refractivity contribution < 1.29 is 9.59 Å². The van der Waals surface area contributed by atoms with Gasteiger partial charge in [0.25, 0.3) is 5.56 Å². The zero-order valence-electron chi connectivity index (χ0n) is 12.1. The topological polar surface area (TPSA) is 107 Å². The molecule has 2 aromatic rings. The molecule has 0 bridgehead atoms. The number of rotatable bonds is 2. The van der Waals surface area contributed by atoms with Crippen LogP contribution in [0.25, 0.3) is 10.9 Å². The summed E-state index contributed by atoms with van der Waals surface area (Å²) in [4.78, 5) is 40.5. The highest BCUT2D eigenvalue weighted by Crippen LogP contribution is 2.20. The van der Waals surface area contributed by atoms with Crippen molar-refractivity contribution in [3.8, 4) is 0 Å². The fraction of sp³-hybridized carbons (Fsp3) is 0.333. The molecule has 0 spiro atoms. The molecule has 2 amide bonds. The molecule has 1 aromatic heterocycles. The summed E-state index contributed by atoms with van der Waals surface area (Å²) in [5.41, 5.74) is 6.72. The van der Waals surface area contributed by atoms with Crippen LogP contribution in [-0.2, 0) is 16.1 Å². The van der Waals surface area contributed by atoms with Gasteiger partial charge in [0.1, 0.15) is 11.9 Å². The third-order valence-corrected chi connectivity index (χ3v) is 3.90. The molecule has 0 saturated carbocycles. The van der Waals surface area contributed by atoms with E-state index in [1.807, 2.05) is 6.07 Å². The molecular formula is C15H16N4O3. The maximum atomic E-state index is 12.8. The number of amides is 2. The van der Waals surface area contributed by atoms with Gasteiger partial charge >= 0.3 is 0 Å². The number of imide groups is 1. The highest BCUT2D eigenvalue weighted by molar-refractivity contribution is 5.99. The van der Waals surface area contributed by atoms with Crippen molar-refractivity contribution in [1.82, 2.24) is 14.9 Å². The van der Waals surface area contributed by atoms with E-state index in [1.54, 1.807) is 19.1 Å². The Morgan fingerprint density at radius 2 is 2.14 bits per heavy atom. The lowest BCUT2D eigenvalue weighted by atomic mass is 10.0. The molecule has 114 valence electrons. The first-order valence-corrected chi connectivity index (χ1v) is 7.07. The number of nitrogens with zero attached hydrogens (tertiary/aromatic N) is 2. The Bertz CT molecular complexity index is 841. The van der Waals surface area contributed by atoms with E-state index in [9.17, 15) is 14.4 Å². The molecule has 22 heavy (non-hydrogen) atoms. The fourth-order valence-electron chi connectivity index (χ4n) is 2.78. The second-order valence-corrected chi connectivity index (χ2v) is 5.36. The van der Waals surface area contributed by atoms with Gasteiger partial charge < -0.3 is 5.73 Å². The van der Waals surface area contributed by atoms with Gasteiger partial charge in [-0.15, -0.1) is 0 Å². The van der Waals surface area contributed by atoms with Crippen molar-refractivity contribution in [2.45, 2.75) is 32.4 Å². The Hall–Kier alpha value is -2.54. The normalized spacial score (nSPS) is 18.5. The SMILES string of the molecule is Cc1nc2ccc(CN)cc2c(=O)n1[C@@H]1CCC(=O)NC1=O. The molecule has 0 unspecified atom stereocenters. The average molecular weight is 300 g/mol. The maximum Gasteiger partial charge on any atom is 0.262 e. The Morgan fingerprint density at radius 3 is 2.82 bits per heavy atom. The summed E-state index contributed by atoms with van der Waals surface area (Å²) in [5.74, 6) is -0.323. The molecule has 1 aliphatic rings. The van der Waals surface area contributed by atoms with Crippen LogP contribution in [-0.4, -0.2) is 21.4 Å². The number of hydrogen-bond acceptors (Lipinski definition) is 5. The molecular weight excluding hydrogens is 284 g/mol. The van der Waals surface area contributed by atoms with Crippen molar-refractivity contribution in [1.29, 1.82) is 0 Å². The van der Waals surface area contributed by atoms with E-state index >= 15 is 0 Å². The second-order valence-electron chi connectivity index (χ2n) is 5.36. The summed E-state index contributed by atoms with van der Waals surface area (Å²) in [5, 5.41) is 2.70. The van der Waals surface area contributed by atoms with E-state index in [1.165, 1.54) is 4.57 Å². The van der Waals surface area contributed by atoms with Gasteiger partial charge in [0.05, 0.1) is 10.9 Å². The molecule has 3 rings (SSSR count). The number of nitrogens with two attached hydrogens (primary N) is 1. The first kappa shape index (κ1) is 14.4. The first-order valence-electron chi connectivity index (χ1n) is 7.07. The number of carbonyl (C=O) groups excluding carboxylic acids is 2. The van der Waals surface area contributed by atoms with Gasteiger partial charge in [-0.25, -0.2) is 4.98 Å². The number of aromatic nitrogens is 2. The predicted octanol–water partition coefficient (Wildman–Crippen LogP) is 0.141. The molecule has 7 nitrogen and oxygen atoms in total. The molecule has 0 aliphatic carbocycles. The van der Waals surface area contributed by atoms with Gasteiger partial charge in [-0.2, -0.15) is 0 Å². The van der Waals surface area contributed by atoms with Crippen LogP contribution in [0.1, 0.15) is 30.3 Å². The zero-order chi connectivity index (χ0) is 15.9. The largest absolute Gasteiger partial charge is 0.326 e. The van der Waals surface area contributed by atoms with E-state index in [-0.39, 0.29) is 17.9 Å². The Morgan fingerprint density at radius 1 is 1.36 bits per heavy atom. The van der Waals surface area contributed by atoms with Crippen molar-refractivity contribution in [3.63, 3.8) is 0 Å². The summed E-state index contributed by atoms with van der Waals surface area (Å²) in [6.07, 6.45) is 0.512. The molecule has 1 saturated heterocycles. The quantitative estimate of drug-likeness (QED) is 0.767. The third kappa shape index (κ3) is 2.29. The van der Waals surface area contributed by atoms with Crippen LogP contribution in [0.15, 0.2) is 23.0 Å². The minimum Gasteiger partial charge on any atom is -0.326 e. The predicted molar refractivity (Wildman–Crippen MR) is 80.1 cm³/mol. The van der Waals surface area contributed by atoms with E-state index < -0.39 is 11.9 Å². The zero-order valence-corrected chi connectivity index (χ0v) is 12.1. The molecule has 3 N–H and O–H groups in total. The van der Waals surface area contributed by atoms with Crippen molar-refractivity contribution in [2.24, 2.45) is 5.73 Å². The molecule has 1 aliphatic heterocycles. The number of aryl methyl sites for hydroxylation is 1. The Kier molecular flexibility index (Phi) is 3.50. The van der Waals surface area contributed by atoms with Crippen LogP contribution in [0.5, 0.6) is 0 Å². The Labute approximate surface area is 126 Å². The minimum atomic E-state index is -0.705. The highest BCUT2D eigenvalue weighted by atomic mass is 16.2. The van der Waals surface area contributed by atoms with Gasteiger partial charge in [-0.3, -0.25) is 24.3 Å². The number of carbonyl (C=O) groups is 2. The second kappa shape index (κ2) is 5.34. The number of fused-ring (bicyclic) bond motifs is 1. The van der Waals surface area contributed by atoms with Crippen LogP contribution in [0.4, 0.5) is 0 Å². The minimum absolute atomic E-state index is 0.211. The molecule has 0 radical (unpaired) electrons. The Balaban J connectivity index is 2.19. The summed E-state index contributed by atoms with van der Waals surface area (Å²) < 4.78 is 1.37. The monoisotopic (exact) mass is 300 g/mol. The standard InChI is InChI=1S/C15H16N4O3/c1-8-17-11-3-2-9(7-16)6-10(11)15(22)19(8)12-4-5-13(20)18-14(12)21/h2-3,6,12H,4-5,7,16H2,1H3,(H,18,20,21)/t12-/m1/s1. The first-order chi connectivity index (χ1) is 10.5. The summed E-state index contributed by atoms with van der Waals surface area (Å²) in [6.45, 7) is 2.00. The van der Waals surface area contributed by atoms with Crippen molar-refractivity contribution >= 4 is 22.7 Å². The summed E-state index contributed by atoms with van der Waals surface area (Å²) in [6, 6.07) is 4.57. The summed E-state index contributed by atoms with van der Waals surface area (Å²) in [7, 11) is 0. The third-order valence-electron chi connectivity index (χ3n) is 3.90. The van der Waals surface area contributed by atoms with E-state index in [0.717, 1.165) is 5.56 Å². The lowest BCUT2D eigenvalue weighted by Gasteiger charge is -2.24. The molecule has 1 aromatic carbocycles. The number of benzene rings is 1. The maximum absolute atomic E-state index is 12.8. The van der Waals surface area contributed by atoms with Crippen LogP contribution in [0.2, 0.25) is 0 Å². The van der Waals surface area contributed by atoms with E-state index in [0.29, 0.717) is 29.7 Å².